The van der Waals surface area contributed by atoms with Gasteiger partial charge in [-0.25, -0.2) is 22.4 Å². The van der Waals surface area contributed by atoms with Crippen LogP contribution in [0.1, 0.15) is 28.4 Å². The third-order valence-electron chi connectivity index (χ3n) is 5.64. The van der Waals surface area contributed by atoms with Gasteiger partial charge in [0.25, 0.3) is 0 Å². The molecule has 0 radical (unpaired) electrons. The highest BCUT2D eigenvalue weighted by atomic mass is 19.1. The summed E-state index contributed by atoms with van der Waals surface area (Å²) in [6, 6.07) is 16.2. The third kappa shape index (κ3) is 6.23. The molecule has 4 aromatic carbocycles. The molecule has 4 aromatic rings. The van der Waals surface area contributed by atoms with Gasteiger partial charge in [0.1, 0.15) is 0 Å². The van der Waals surface area contributed by atoms with Crippen LogP contribution in [0.15, 0.2) is 87.2 Å². The number of rotatable bonds is 7. The Kier molecular flexibility index (Phi) is 8.24. The molecular formula is C29H22F4N4O2. The molecule has 0 unspecified atom stereocenters. The lowest BCUT2D eigenvalue weighted by atomic mass is 9.94. The molecule has 0 saturated carbocycles. The summed E-state index contributed by atoms with van der Waals surface area (Å²) in [7, 11) is 0. The largest absolute Gasteiger partial charge is 0.462 e. The summed E-state index contributed by atoms with van der Waals surface area (Å²) in [5.74, 6) is -5.57. The van der Waals surface area contributed by atoms with Crippen LogP contribution in [0.25, 0.3) is 11.1 Å². The van der Waals surface area contributed by atoms with Crippen LogP contribution in [0.2, 0.25) is 0 Å². The fraction of sp³-hybridized carbons (Fsp3) is 0.138. The van der Waals surface area contributed by atoms with E-state index in [4.69, 9.17) is 4.74 Å². The van der Waals surface area contributed by atoms with Crippen LogP contribution in [0, 0.1) is 37.1 Å². The van der Waals surface area contributed by atoms with Gasteiger partial charge in [0, 0.05) is 0 Å². The predicted octanol–water partition coefficient (Wildman–Crippen LogP) is 9.53. The fourth-order valence-electron chi connectivity index (χ4n) is 3.96. The second-order valence-electron chi connectivity index (χ2n) is 8.49. The highest BCUT2D eigenvalue weighted by Crippen LogP contribution is 2.36. The Labute approximate surface area is 221 Å². The molecule has 0 spiro atoms. The summed E-state index contributed by atoms with van der Waals surface area (Å²) in [6.45, 7) is 5.11. The molecule has 0 aromatic heterocycles. The summed E-state index contributed by atoms with van der Waals surface area (Å²) in [5.41, 5.74) is 1.39. The van der Waals surface area contributed by atoms with E-state index in [9.17, 15) is 22.4 Å². The van der Waals surface area contributed by atoms with Gasteiger partial charge in [-0.15, -0.1) is 10.2 Å². The van der Waals surface area contributed by atoms with E-state index in [2.05, 4.69) is 20.5 Å². The number of benzene rings is 4. The van der Waals surface area contributed by atoms with Gasteiger partial charge >= 0.3 is 5.97 Å². The molecule has 6 nitrogen and oxygen atoms in total. The number of ether oxygens (including phenoxy) is 1. The van der Waals surface area contributed by atoms with Crippen LogP contribution in [0.4, 0.5) is 40.3 Å². The molecule has 0 aliphatic carbocycles. The van der Waals surface area contributed by atoms with E-state index < -0.39 is 40.6 Å². The monoisotopic (exact) mass is 534 g/mol. The molecule has 0 fully saturated rings. The number of esters is 1. The van der Waals surface area contributed by atoms with E-state index in [1.165, 1.54) is 0 Å². The molecule has 0 N–H and O–H groups in total. The summed E-state index contributed by atoms with van der Waals surface area (Å²) in [4.78, 5) is 11.7. The topological polar surface area (TPSA) is 75.7 Å². The Bertz CT molecular complexity index is 1540. The van der Waals surface area contributed by atoms with Crippen molar-refractivity contribution in [3.63, 3.8) is 0 Å². The average Bonchev–Trinajstić information content (AvgIpc) is 2.88. The maximum absolute atomic E-state index is 14.9. The molecule has 0 atom stereocenters. The normalized spacial score (nSPS) is 11.5. The number of azo groups is 2. The minimum atomic E-state index is -1.24. The van der Waals surface area contributed by atoms with Gasteiger partial charge in [-0.3, -0.25) is 0 Å². The van der Waals surface area contributed by atoms with E-state index in [0.717, 1.165) is 12.1 Å². The number of nitrogens with zero attached hydrogens (tertiary/aromatic N) is 4. The van der Waals surface area contributed by atoms with Gasteiger partial charge in [0.15, 0.2) is 34.6 Å². The van der Waals surface area contributed by atoms with Crippen molar-refractivity contribution in [2.24, 2.45) is 20.5 Å². The van der Waals surface area contributed by atoms with Crippen LogP contribution in [-0.4, -0.2) is 12.6 Å². The number of hydrogen-bond acceptors (Lipinski definition) is 6. The Morgan fingerprint density at radius 2 is 1.18 bits per heavy atom. The van der Waals surface area contributed by atoms with E-state index >= 15 is 0 Å². The molecule has 0 heterocycles. The molecule has 10 heteroatoms. The van der Waals surface area contributed by atoms with Gasteiger partial charge in [-0.2, -0.15) is 10.2 Å². The van der Waals surface area contributed by atoms with Gasteiger partial charge in [-0.05, 0) is 91.6 Å². The molecule has 198 valence electrons. The predicted molar refractivity (Wildman–Crippen MR) is 138 cm³/mol. The van der Waals surface area contributed by atoms with E-state index in [-0.39, 0.29) is 17.7 Å². The molecule has 0 amide bonds. The first kappa shape index (κ1) is 27.3. The zero-order valence-electron chi connectivity index (χ0n) is 21.2. The molecule has 4 rings (SSSR count). The quantitative estimate of drug-likeness (QED) is 0.134. The second-order valence-corrected chi connectivity index (χ2v) is 8.49. The molecule has 0 aliphatic heterocycles. The Balaban J connectivity index is 1.62. The second kappa shape index (κ2) is 11.8. The van der Waals surface area contributed by atoms with Crippen molar-refractivity contribution in [1.29, 1.82) is 0 Å². The zero-order chi connectivity index (χ0) is 28.1. The first-order chi connectivity index (χ1) is 18.7. The SMILES string of the molecule is CCOC(=O)c1cc(F)c(N=Nc2c(F)cc(-c3c(C)cc(N=Nc4ccccc4)cc3C)cc2F)c(F)c1. The van der Waals surface area contributed by atoms with Crippen molar-refractivity contribution in [2.75, 3.05) is 6.61 Å². The van der Waals surface area contributed by atoms with Crippen molar-refractivity contribution >= 4 is 28.7 Å². The Morgan fingerprint density at radius 1 is 0.692 bits per heavy atom. The number of carbonyl (C=O) groups excluding carboxylic acids is 1. The van der Waals surface area contributed by atoms with Crippen molar-refractivity contribution < 1.29 is 27.1 Å². The standard InChI is InChI=1S/C29H22F4N4O2/c1-4-39-29(38)19-14-24(32)28(25(33)15-19)37-36-27-22(30)12-18(13-23(27)31)26-16(2)10-21(11-17(26)3)35-34-20-8-6-5-7-9-20/h5-15H,4H2,1-3H3. The first-order valence-electron chi connectivity index (χ1n) is 11.8. The Morgan fingerprint density at radius 3 is 1.69 bits per heavy atom. The molecule has 0 saturated heterocycles. The van der Waals surface area contributed by atoms with E-state index in [0.29, 0.717) is 40.2 Å². The van der Waals surface area contributed by atoms with Crippen molar-refractivity contribution in [3.8, 4) is 11.1 Å². The van der Waals surface area contributed by atoms with Gasteiger partial charge in [-0.1, -0.05) is 18.2 Å². The lowest BCUT2D eigenvalue weighted by Crippen LogP contribution is -2.05. The lowest BCUT2D eigenvalue weighted by Gasteiger charge is -2.12. The van der Waals surface area contributed by atoms with Crippen LogP contribution < -0.4 is 0 Å². The highest BCUT2D eigenvalue weighted by molar-refractivity contribution is 5.89. The van der Waals surface area contributed by atoms with Gasteiger partial charge in [0.2, 0.25) is 0 Å². The number of aryl methyl sites for hydroxylation is 2. The van der Waals surface area contributed by atoms with Crippen LogP contribution in [0.3, 0.4) is 0 Å². The van der Waals surface area contributed by atoms with Gasteiger partial charge < -0.3 is 4.74 Å². The number of carbonyl (C=O) groups is 1. The highest BCUT2D eigenvalue weighted by Gasteiger charge is 2.18. The molecule has 0 bridgehead atoms. The summed E-state index contributed by atoms with van der Waals surface area (Å²) >= 11 is 0. The average molecular weight is 535 g/mol. The maximum atomic E-state index is 14.9. The minimum absolute atomic E-state index is 0.0146. The van der Waals surface area contributed by atoms with Crippen molar-refractivity contribution in [2.45, 2.75) is 20.8 Å². The third-order valence-corrected chi connectivity index (χ3v) is 5.64. The van der Waals surface area contributed by atoms with Crippen LogP contribution >= 0.6 is 0 Å². The van der Waals surface area contributed by atoms with Crippen LogP contribution in [0.5, 0.6) is 0 Å². The van der Waals surface area contributed by atoms with E-state index in [1.807, 2.05) is 30.3 Å². The summed E-state index contributed by atoms with van der Waals surface area (Å²) in [6.07, 6.45) is 0. The Hall–Kier alpha value is -4.73. The first-order valence-corrected chi connectivity index (χ1v) is 11.8. The fourth-order valence-corrected chi connectivity index (χ4v) is 3.96. The van der Waals surface area contributed by atoms with E-state index in [1.54, 1.807) is 32.9 Å². The summed E-state index contributed by atoms with van der Waals surface area (Å²) < 4.78 is 63.3. The maximum Gasteiger partial charge on any atom is 0.338 e. The lowest BCUT2D eigenvalue weighted by molar-refractivity contribution is 0.0525. The minimum Gasteiger partial charge on any atom is -0.462 e. The van der Waals surface area contributed by atoms with Crippen molar-refractivity contribution in [1.82, 2.24) is 0 Å². The summed E-state index contributed by atoms with van der Waals surface area (Å²) in [5, 5.41) is 15.2. The molecule has 39 heavy (non-hydrogen) atoms. The van der Waals surface area contributed by atoms with Crippen molar-refractivity contribution in [3.05, 3.63) is 107 Å². The zero-order valence-corrected chi connectivity index (χ0v) is 21.2. The number of halogens is 4. The van der Waals surface area contributed by atoms with Crippen LogP contribution in [-0.2, 0) is 4.74 Å². The molecular weight excluding hydrogens is 512 g/mol. The number of hydrogen-bond donors (Lipinski definition) is 0. The van der Waals surface area contributed by atoms with Gasteiger partial charge in [0.05, 0.1) is 23.5 Å². The molecule has 0 aliphatic rings. The smallest absolute Gasteiger partial charge is 0.338 e.